The average Bonchev–Trinajstić information content (AvgIpc) is 2.94. The minimum Gasteiger partial charge on any atom is -0.379 e. The third-order valence-electron chi connectivity index (χ3n) is 8.50. The van der Waals surface area contributed by atoms with E-state index in [1.54, 1.807) is 0 Å². The van der Waals surface area contributed by atoms with Crippen LogP contribution in [0.3, 0.4) is 0 Å². The largest absolute Gasteiger partial charge is 0.453 e. The molecule has 0 saturated heterocycles. The first-order valence-corrected chi connectivity index (χ1v) is 16.2. The van der Waals surface area contributed by atoms with Crippen molar-refractivity contribution in [2.75, 3.05) is 13.2 Å². The molecule has 0 saturated carbocycles. The normalized spacial score (nSPS) is 13.6. The number of hydrogen-bond donors (Lipinski definition) is 0. The van der Waals surface area contributed by atoms with Gasteiger partial charge in [-0.15, -0.1) is 0 Å². The molecule has 1 rings (SSSR count). The first kappa shape index (κ1) is 37.8. The zero-order valence-corrected chi connectivity index (χ0v) is 26.0. The second-order valence-electron chi connectivity index (χ2n) is 12.1. The fraction of sp³-hybridized carbons (Fsp3) is 0.824. The van der Waals surface area contributed by atoms with Gasteiger partial charge in [0.1, 0.15) is 0 Å². The second kappa shape index (κ2) is 21.5. The van der Waals surface area contributed by atoms with Crippen LogP contribution in [0.4, 0.5) is 22.0 Å². The summed E-state index contributed by atoms with van der Waals surface area (Å²) in [6.45, 7) is 8.91. The summed E-state index contributed by atoms with van der Waals surface area (Å²) < 4.78 is 74.5. The molecule has 41 heavy (non-hydrogen) atoms. The van der Waals surface area contributed by atoms with E-state index < -0.39 is 18.5 Å². The summed E-state index contributed by atoms with van der Waals surface area (Å²) in [6, 6.07) is 10.3. The molecule has 0 aliphatic heterocycles. The van der Waals surface area contributed by atoms with Crippen molar-refractivity contribution in [2.45, 2.75) is 161 Å². The zero-order valence-electron chi connectivity index (χ0n) is 26.0. The van der Waals surface area contributed by atoms with E-state index in [0.29, 0.717) is 19.6 Å². The van der Waals surface area contributed by atoms with Crippen LogP contribution < -0.4 is 0 Å². The second-order valence-corrected chi connectivity index (χ2v) is 12.1. The van der Waals surface area contributed by atoms with Gasteiger partial charge in [-0.05, 0) is 30.2 Å². The summed E-state index contributed by atoms with van der Waals surface area (Å²) in [7, 11) is 0. The predicted molar refractivity (Wildman–Crippen MR) is 159 cm³/mol. The Labute approximate surface area is 247 Å². The van der Waals surface area contributed by atoms with Crippen LogP contribution in [-0.4, -0.2) is 31.4 Å². The Morgan fingerprint density at radius 1 is 0.659 bits per heavy atom. The van der Waals surface area contributed by atoms with E-state index in [4.69, 9.17) is 9.47 Å². The van der Waals surface area contributed by atoms with Gasteiger partial charge >= 0.3 is 12.1 Å². The fourth-order valence-electron chi connectivity index (χ4n) is 5.07. The molecule has 240 valence electrons. The predicted octanol–water partition coefficient (Wildman–Crippen LogP) is 11.9. The van der Waals surface area contributed by atoms with Gasteiger partial charge in [0, 0.05) is 13.0 Å². The molecule has 0 N–H and O–H groups in total. The van der Waals surface area contributed by atoms with E-state index in [1.165, 1.54) is 50.5 Å². The molecule has 0 fully saturated rings. The maximum absolute atomic E-state index is 12.9. The van der Waals surface area contributed by atoms with Gasteiger partial charge in [0.15, 0.2) is 0 Å². The highest BCUT2D eigenvalue weighted by Crippen LogP contribution is 2.39. The summed E-state index contributed by atoms with van der Waals surface area (Å²) >= 11 is 0. The van der Waals surface area contributed by atoms with Crippen LogP contribution in [0.1, 0.15) is 142 Å². The van der Waals surface area contributed by atoms with Crippen molar-refractivity contribution in [1.82, 2.24) is 0 Å². The first-order chi connectivity index (χ1) is 19.5. The standard InChI is InChI=1S/C34H57F5O2/c1-4-32(3,5-2)27-31(41-28-30-23-19-18-20-24-30)29-40-26-22-17-15-13-11-9-7-6-8-10-12-14-16-21-25-33(35,36)34(37,38)39/h18-20,23-24,31H,4-17,21-22,25-29H2,1-3H3. The highest BCUT2D eigenvalue weighted by atomic mass is 19.4. The van der Waals surface area contributed by atoms with Crippen LogP contribution in [-0.2, 0) is 16.1 Å². The van der Waals surface area contributed by atoms with Crippen LogP contribution >= 0.6 is 0 Å². The van der Waals surface area contributed by atoms with E-state index >= 15 is 0 Å². The van der Waals surface area contributed by atoms with Crippen molar-refractivity contribution in [1.29, 1.82) is 0 Å². The van der Waals surface area contributed by atoms with Crippen molar-refractivity contribution < 1.29 is 31.4 Å². The number of ether oxygens (including phenoxy) is 2. The van der Waals surface area contributed by atoms with Crippen molar-refractivity contribution in [2.24, 2.45) is 5.41 Å². The van der Waals surface area contributed by atoms with Gasteiger partial charge in [-0.25, -0.2) is 0 Å². The average molecular weight is 593 g/mol. The van der Waals surface area contributed by atoms with E-state index in [-0.39, 0.29) is 17.9 Å². The van der Waals surface area contributed by atoms with Gasteiger partial charge in [-0.2, -0.15) is 22.0 Å². The Morgan fingerprint density at radius 2 is 1.12 bits per heavy atom. The molecule has 0 amide bonds. The van der Waals surface area contributed by atoms with Crippen LogP contribution in [0.25, 0.3) is 0 Å². The summed E-state index contributed by atoms with van der Waals surface area (Å²) in [6.07, 6.45) is 10.6. The molecule has 0 bridgehead atoms. The number of alkyl halides is 5. The molecule has 0 aliphatic rings. The molecule has 7 heteroatoms. The summed E-state index contributed by atoms with van der Waals surface area (Å²) in [5.74, 6) is -4.55. The molecule has 0 heterocycles. The lowest BCUT2D eigenvalue weighted by atomic mass is 9.79. The van der Waals surface area contributed by atoms with Crippen molar-refractivity contribution in [3.05, 3.63) is 35.9 Å². The van der Waals surface area contributed by atoms with Gasteiger partial charge in [0.25, 0.3) is 0 Å². The molecule has 1 unspecified atom stereocenters. The topological polar surface area (TPSA) is 18.5 Å². The Bertz CT molecular complexity index is 734. The number of halogens is 5. The quantitative estimate of drug-likeness (QED) is 0.0787. The monoisotopic (exact) mass is 592 g/mol. The Hall–Kier alpha value is -1.21. The van der Waals surface area contributed by atoms with E-state index in [2.05, 4.69) is 32.9 Å². The zero-order chi connectivity index (χ0) is 30.5. The summed E-state index contributed by atoms with van der Waals surface area (Å²) in [5, 5.41) is 0. The lowest BCUT2D eigenvalue weighted by molar-refractivity contribution is -0.284. The molecular weight excluding hydrogens is 535 g/mol. The van der Waals surface area contributed by atoms with Gasteiger partial charge in [-0.3, -0.25) is 0 Å². The molecule has 1 aromatic carbocycles. The summed E-state index contributed by atoms with van der Waals surface area (Å²) in [5.41, 5.74) is 1.47. The van der Waals surface area contributed by atoms with Crippen molar-refractivity contribution >= 4 is 0 Å². The van der Waals surface area contributed by atoms with Gasteiger partial charge in [0.2, 0.25) is 0 Å². The molecule has 1 aromatic rings. The molecule has 0 radical (unpaired) electrons. The van der Waals surface area contributed by atoms with Crippen molar-refractivity contribution in [3.8, 4) is 0 Å². The molecule has 0 aromatic heterocycles. The molecular formula is C34H57F5O2. The molecule has 0 spiro atoms. The molecule has 0 aliphatic carbocycles. The maximum Gasteiger partial charge on any atom is 0.453 e. The third-order valence-corrected chi connectivity index (χ3v) is 8.50. The van der Waals surface area contributed by atoms with E-state index in [0.717, 1.165) is 58.0 Å². The number of unbranched alkanes of at least 4 members (excludes halogenated alkanes) is 13. The Kier molecular flexibility index (Phi) is 19.8. The van der Waals surface area contributed by atoms with E-state index in [9.17, 15) is 22.0 Å². The highest BCUT2D eigenvalue weighted by molar-refractivity contribution is 5.13. The van der Waals surface area contributed by atoms with Crippen molar-refractivity contribution in [3.63, 3.8) is 0 Å². The van der Waals surface area contributed by atoms with Crippen LogP contribution in [0.5, 0.6) is 0 Å². The van der Waals surface area contributed by atoms with Crippen LogP contribution in [0.15, 0.2) is 30.3 Å². The Morgan fingerprint density at radius 3 is 1.59 bits per heavy atom. The summed E-state index contributed by atoms with van der Waals surface area (Å²) in [4.78, 5) is 0. The first-order valence-electron chi connectivity index (χ1n) is 16.2. The lowest BCUT2D eigenvalue weighted by Crippen LogP contribution is -2.36. The van der Waals surface area contributed by atoms with E-state index in [1.807, 2.05) is 18.2 Å². The molecule has 1 atom stereocenters. The highest BCUT2D eigenvalue weighted by Gasteiger charge is 2.56. The smallest absolute Gasteiger partial charge is 0.379 e. The third kappa shape index (κ3) is 18.1. The fourth-order valence-corrected chi connectivity index (χ4v) is 5.07. The maximum atomic E-state index is 12.9. The van der Waals surface area contributed by atoms with Gasteiger partial charge in [0.05, 0.1) is 19.3 Å². The molecule has 2 nitrogen and oxygen atoms in total. The minimum atomic E-state index is -5.42. The van der Waals surface area contributed by atoms with Crippen LogP contribution in [0, 0.1) is 5.41 Å². The minimum absolute atomic E-state index is 0.0697. The van der Waals surface area contributed by atoms with Crippen LogP contribution in [0.2, 0.25) is 0 Å². The number of benzene rings is 1. The number of rotatable bonds is 26. The van der Waals surface area contributed by atoms with Gasteiger partial charge < -0.3 is 9.47 Å². The SMILES string of the molecule is CCC(C)(CC)CC(COCCCCCCCCCCCCCCCCC(F)(F)C(F)(F)F)OCc1ccccc1. The Balaban J connectivity index is 2.00. The van der Waals surface area contributed by atoms with Gasteiger partial charge in [-0.1, -0.05) is 141 Å². The number of hydrogen-bond acceptors (Lipinski definition) is 2. The lowest BCUT2D eigenvalue weighted by Gasteiger charge is -2.31.